The first-order valence-electron chi connectivity index (χ1n) is 17.2. The average Bonchev–Trinajstić information content (AvgIpc) is 3.13. The van der Waals surface area contributed by atoms with Crippen LogP contribution in [0.4, 0.5) is 4.39 Å². The van der Waals surface area contributed by atoms with Crippen molar-refractivity contribution in [1.82, 2.24) is 14.8 Å². The molecule has 1 amide bonds. The molecular formula is C42H40Cl2FN3O4. The van der Waals surface area contributed by atoms with Gasteiger partial charge < -0.3 is 19.1 Å². The molecule has 5 aromatic rings. The normalized spacial score (nSPS) is 13.4. The number of halogens is 3. The van der Waals surface area contributed by atoms with Gasteiger partial charge in [-0.2, -0.15) is 0 Å². The molecular weight excluding hydrogens is 700 g/mol. The highest BCUT2D eigenvalue weighted by Crippen LogP contribution is 2.34. The molecule has 4 aromatic carbocycles. The summed E-state index contributed by atoms with van der Waals surface area (Å²) in [7, 11) is 0. The molecule has 7 nitrogen and oxygen atoms in total. The molecule has 0 spiro atoms. The van der Waals surface area contributed by atoms with E-state index in [0.29, 0.717) is 47.1 Å². The van der Waals surface area contributed by atoms with Crippen molar-refractivity contribution in [2.45, 2.75) is 33.4 Å². The van der Waals surface area contributed by atoms with E-state index in [1.165, 1.54) is 23.3 Å². The molecule has 0 radical (unpaired) electrons. The molecule has 0 bridgehead atoms. The van der Waals surface area contributed by atoms with Crippen LogP contribution in [0.5, 0.6) is 23.1 Å². The number of piperazine rings is 1. The molecule has 1 saturated heterocycles. The molecule has 0 unspecified atom stereocenters. The molecule has 2 heterocycles. The number of hydrogen-bond acceptors (Lipinski definition) is 6. The van der Waals surface area contributed by atoms with Crippen molar-refractivity contribution >= 4 is 35.2 Å². The Morgan fingerprint density at radius 2 is 1.56 bits per heavy atom. The fraction of sp³-hybridized carbons (Fsp3) is 0.238. The van der Waals surface area contributed by atoms with Crippen molar-refractivity contribution < 1.29 is 23.4 Å². The van der Waals surface area contributed by atoms with Crippen LogP contribution in [0.15, 0.2) is 103 Å². The summed E-state index contributed by atoms with van der Waals surface area (Å²) < 4.78 is 31.2. The van der Waals surface area contributed by atoms with Gasteiger partial charge in [0.1, 0.15) is 23.9 Å². The summed E-state index contributed by atoms with van der Waals surface area (Å²) in [4.78, 5) is 21.6. The molecule has 0 saturated carbocycles. The number of pyridine rings is 1. The SMILES string of the molecule is Cc1cc(F)cc(COc2ccc(Oc3c(C)cc(/C=C/C(=O)N4CCN(Cc5ccc(CCOc6ccc(Cl)cc6)cc5)CC4)cc3Cl)nc2)c1. The Bertz CT molecular complexity index is 1950. The molecule has 1 fully saturated rings. The van der Waals surface area contributed by atoms with Crippen molar-refractivity contribution in [3.63, 3.8) is 0 Å². The zero-order valence-electron chi connectivity index (χ0n) is 29.2. The lowest BCUT2D eigenvalue weighted by Gasteiger charge is -2.34. The van der Waals surface area contributed by atoms with Crippen molar-refractivity contribution in [2.75, 3.05) is 32.8 Å². The van der Waals surface area contributed by atoms with E-state index in [2.05, 4.69) is 34.1 Å². The Labute approximate surface area is 314 Å². The minimum Gasteiger partial charge on any atom is -0.493 e. The van der Waals surface area contributed by atoms with E-state index in [1.54, 1.807) is 36.5 Å². The number of aromatic nitrogens is 1. The number of ether oxygens (including phenoxy) is 3. The quantitative estimate of drug-likeness (QED) is 0.112. The first kappa shape index (κ1) is 36.9. The van der Waals surface area contributed by atoms with Crippen LogP contribution in [0, 0.1) is 19.7 Å². The molecule has 1 aliphatic heterocycles. The summed E-state index contributed by atoms with van der Waals surface area (Å²) in [5, 5.41) is 1.10. The summed E-state index contributed by atoms with van der Waals surface area (Å²) in [6.07, 6.45) is 5.75. The van der Waals surface area contributed by atoms with Crippen molar-refractivity contribution in [3.8, 4) is 23.1 Å². The predicted octanol–water partition coefficient (Wildman–Crippen LogP) is 9.49. The van der Waals surface area contributed by atoms with Gasteiger partial charge in [0.15, 0.2) is 5.75 Å². The summed E-state index contributed by atoms with van der Waals surface area (Å²) in [6.45, 7) is 8.34. The van der Waals surface area contributed by atoms with Crippen LogP contribution < -0.4 is 14.2 Å². The van der Waals surface area contributed by atoms with Gasteiger partial charge in [0.05, 0.1) is 17.8 Å². The molecule has 52 heavy (non-hydrogen) atoms. The van der Waals surface area contributed by atoms with Gasteiger partial charge >= 0.3 is 0 Å². The number of rotatable bonds is 13. The Balaban J connectivity index is 0.935. The predicted molar refractivity (Wildman–Crippen MR) is 204 cm³/mol. The summed E-state index contributed by atoms with van der Waals surface area (Å²) in [5.74, 6) is 1.86. The number of amides is 1. The van der Waals surface area contributed by atoms with Gasteiger partial charge in [0, 0.05) is 56.3 Å². The zero-order valence-corrected chi connectivity index (χ0v) is 30.7. The highest BCUT2D eigenvalue weighted by molar-refractivity contribution is 6.32. The lowest BCUT2D eigenvalue weighted by Crippen LogP contribution is -2.47. The maximum atomic E-state index is 13.7. The Morgan fingerprint density at radius 3 is 2.25 bits per heavy atom. The van der Waals surface area contributed by atoms with Gasteiger partial charge in [-0.1, -0.05) is 53.5 Å². The molecule has 0 atom stereocenters. The molecule has 6 rings (SSSR count). The van der Waals surface area contributed by atoms with Crippen LogP contribution in [-0.4, -0.2) is 53.5 Å². The summed E-state index contributed by atoms with van der Waals surface area (Å²) in [5.41, 5.74) is 5.64. The van der Waals surface area contributed by atoms with Crippen molar-refractivity contribution in [3.05, 3.63) is 153 Å². The van der Waals surface area contributed by atoms with Crippen molar-refractivity contribution in [2.24, 2.45) is 0 Å². The second-order valence-corrected chi connectivity index (χ2v) is 13.7. The first-order valence-corrected chi connectivity index (χ1v) is 17.9. The van der Waals surface area contributed by atoms with Crippen molar-refractivity contribution in [1.29, 1.82) is 0 Å². The minimum atomic E-state index is -0.293. The van der Waals surface area contributed by atoms with Crippen LogP contribution in [0.2, 0.25) is 10.0 Å². The highest BCUT2D eigenvalue weighted by atomic mass is 35.5. The number of aryl methyl sites for hydroxylation is 2. The summed E-state index contributed by atoms with van der Waals surface area (Å²) >= 11 is 12.6. The van der Waals surface area contributed by atoms with Gasteiger partial charge in [0.25, 0.3) is 0 Å². The minimum absolute atomic E-state index is 0.0297. The molecule has 1 aromatic heterocycles. The first-order chi connectivity index (χ1) is 25.2. The molecule has 1 aliphatic rings. The lowest BCUT2D eigenvalue weighted by molar-refractivity contribution is -0.127. The number of nitrogens with zero attached hydrogens (tertiary/aromatic N) is 3. The monoisotopic (exact) mass is 739 g/mol. The molecule has 268 valence electrons. The van der Waals surface area contributed by atoms with Crippen LogP contribution in [0.3, 0.4) is 0 Å². The third-order valence-electron chi connectivity index (χ3n) is 8.68. The maximum absolute atomic E-state index is 13.7. The number of hydrogen-bond donors (Lipinski definition) is 0. The lowest BCUT2D eigenvalue weighted by atomic mass is 10.1. The van der Waals surface area contributed by atoms with Gasteiger partial charge in [-0.3, -0.25) is 9.69 Å². The second kappa shape index (κ2) is 17.6. The van der Waals surface area contributed by atoms with Crippen LogP contribution in [0.25, 0.3) is 6.08 Å². The van der Waals surface area contributed by atoms with E-state index in [9.17, 15) is 9.18 Å². The van der Waals surface area contributed by atoms with E-state index in [4.69, 9.17) is 37.4 Å². The average molecular weight is 741 g/mol. The van der Waals surface area contributed by atoms with Gasteiger partial charge in [0.2, 0.25) is 11.8 Å². The van der Waals surface area contributed by atoms with E-state index >= 15 is 0 Å². The standard InChI is InChI=1S/C42H40Cl2FN3O4/c1-29-21-34(24-36(45)22-29)28-51-38-12-13-40(46-26-38)52-42-30(2)23-33(25-39(42)44)7-14-41(49)48-18-16-47(17-19-48)27-32-5-3-31(4-6-32)15-20-50-37-10-8-35(43)9-11-37/h3-14,21-26H,15-20,27-28H2,1-2H3/b14-7+. The third-order valence-corrected chi connectivity index (χ3v) is 9.21. The van der Waals surface area contributed by atoms with Crippen LogP contribution >= 0.6 is 23.2 Å². The van der Waals surface area contributed by atoms with Gasteiger partial charge in [-0.05, 0) is 108 Å². The maximum Gasteiger partial charge on any atom is 0.246 e. The Morgan fingerprint density at radius 1 is 0.827 bits per heavy atom. The number of carbonyl (C=O) groups excluding carboxylic acids is 1. The van der Waals surface area contributed by atoms with E-state index in [1.807, 2.05) is 55.1 Å². The Hall–Kier alpha value is -4.89. The summed E-state index contributed by atoms with van der Waals surface area (Å²) in [6, 6.07) is 27.9. The third kappa shape index (κ3) is 10.6. The van der Waals surface area contributed by atoms with Gasteiger partial charge in [-0.25, -0.2) is 9.37 Å². The molecule has 10 heteroatoms. The number of benzene rings is 4. The van der Waals surface area contributed by atoms with E-state index in [0.717, 1.165) is 54.1 Å². The molecule has 0 aliphatic carbocycles. The fourth-order valence-corrected chi connectivity index (χ4v) is 6.39. The van der Waals surface area contributed by atoms with E-state index < -0.39 is 0 Å². The van der Waals surface area contributed by atoms with E-state index in [-0.39, 0.29) is 18.3 Å². The molecule has 0 N–H and O–H groups in total. The second-order valence-electron chi connectivity index (χ2n) is 12.8. The fourth-order valence-electron chi connectivity index (χ4n) is 5.95. The van der Waals surface area contributed by atoms with Crippen LogP contribution in [-0.2, 0) is 24.4 Å². The highest BCUT2D eigenvalue weighted by Gasteiger charge is 2.20. The Kier molecular flexibility index (Phi) is 12.5. The largest absolute Gasteiger partial charge is 0.493 e. The topological polar surface area (TPSA) is 64.1 Å². The smallest absolute Gasteiger partial charge is 0.246 e. The zero-order chi connectivity index (χ0) is 36.5. The number of carbonyl (C=O) groups is 1. The van der Waals surface area contributed by atoms with Crippen LogP contribution in [0.1, 0.15) is 33.4 Å². The van der Waals surface area contributed by atoms with Gasteiger partial charge in [-0.15, -0.1) is 0 Å².